The van der Waals surface area contributed by atoms with Crippen molar-refractivity contribution in [3.63, 3.8) is 0 Å². The van der Waals surface area contributed by atoms with Crippen LogP contribution in [0.1, 0.15) is 38.8 Å². The first-order valence-corrected chi connectivity index (χ1v) is 11.6. The van der Waals surface area contributed by atoms with Crippen molar-refractivity contribution in [2.45, 2.75) is 26.1 Å². The van der Waals surface area contributed by atoms with Crippen LogP contribution in [0.2, 0.25) is 0 Å². The molecule has 1 aliphatic rings. The quantitative estimate of drug-likeness (QED) is 0.460. The van der Waals surface area contributed by atoms with Crippen LogP contribution < -0.4 is 10.6 Å². The predicted octanol–water partition coefficient (Wildman–Crippen LogP) is 4.07. The van der Waals surface area contributed by atoms with Gasteiger partial charge in [-0.05, 0) is 42.3 Å². The molecule has 7 nitrogen and oxygen atoms in total. The topological polar surface area (TPSA) is 90.9 Å². The molecule has 0 spiro atoms. The smallest absolute Gasteiger partial charge is 0.255 e. The van der Waals surface area contributed by atoms with Crippen molar-refractivity contribution in [2.75, 3.05) is 25.0 Å². The van der Waals surface area contributed by atoms with Crippen molar-refractivity contribution in [3.05, 3.63) is 94.6 Å². The zero-order valence-corrected chi connectivity index (χ0v) is 19.8. The Bertz CT molecular complexity index is 1250. The zero-order chi connectivity index (χ0) is 25.7. The fourth-order valence-corrected chi connectivity index (χ4v) is 4.10. The van der Waals surface area contributed by atoms with Crippen LogP contribution in [0, 0.1) is 11.6 Å². The molecule has 1 heterocycles. The first-order chi connectivity index (χ1) is 17.3. The summed E-state index contributed by atoms with van der Waals surface area (Å²) in [6.07, 6.45) is 0.206. The number of amides is 2. The predicted molar refractivity (Wildman–Crippen MR) is 131 cm³/mol. The minimum Gasteiger partial charge on any atom is -0.507 e. The van der Waals surface area contributed by atoms with E-state index in [1.165, 1.54) is 18.2 Å². The number of aromatic hydroxyl groups is 1. The number of carbonyl (C=O) groups excluding carboxylic acids is 2. The molecule has 1 unspecified atom stereocenters. The third-order valence-electron chi connectivity index (χ3n) is 5.80. The SMILES string of the molecule is CC1CN(Cc2cccc(CNC(=O)c3ccc(NC(=O)c4cc(F)cc(F)c4)cc3O)c2)CCO1. The highest BCUT2D eigenvalue weighted by molar-refractivity contribution is 6.05. The molecule has 1 fully saturated rings. The summed E-state index contributed by atoms with van der Waals surface area (Å²) < 4.78 is 32.3. The maximum Gasteiger partial charge on any atom is 0.255 e. The number of hydrogen-bond donors (Lipinski definition) is 3. The van der Waals surface area contributed by atoms with E-state index >= 15 is 0 Å². The number of hydrogen-bond acceptors (Lipinski definition) is 5. The average molecular weight is 496 g/mol. The van der Waals surface area contributed by atoms with Crippen molar-refractivity contribution in [2.24, 2.45) is 0 Å². The van der Waals surface area contributed by atoms with Gasteiger partial charge in [-0.25, -0.2) is 8.78 Å². The van der Waals surface area contributed by atoms with Crippen LogP contribution in [0.25, 0.3) is 0 Å². The number of ether oxygens (including phenoxy) is 1. The lowest BCUT2D eigenvalue weighted by atomic mass is 10.1. The Morgan fingerprint density at radius 2 is 1.78 bits per heavy atom. The minimum atomic E-state index is -0.878. The molecular formula is C27H27F2N3O4. The van der Waals surface area contributed by atoms with Crippen molar-refractivity contribution in [3.8, 4) is 5.75 Å². The molecule has 1 aliphatic heterocycles. The summed E-state index contributed by atoms with van der Waals surface area (Å²) in [5, 5.41) is 15.6. The molecule has 3 N–H and O–H groups in total. The van der Waals surface area contributed by atoms with E-state index in [4.69, 9.17) is 4.74 Å². The number of carbonyl (C=O) groups is 2. The summed E-state index contributed by atoms with van der Waals surface area (Å²) in [7, 11) is 0. The van der Waals surface area contributed by atoms with Crippen LogP contribution in [-0.2, 0) is 17.8 Å². The molecule has 3 aromatic carbocycles. The second kappa shape index (κ2) is 11.3. The molecular weight excluding hydrogens is 468 g/mol. The molecule has 2 amide bonds. The number of rotatable bonds is 7. The van der Waals surface area contributed by atoms with Gasteiger partial charge in [0.25, 0.3) is 11.8 Å². The number of anilines is 1. The van der Waals surface area contributed by atoms with Crippen LogP contribution in [-0.4, -0.2) is 47.6 Å². The van der Waals surface area contributed by atoms with Crippen molar-refractivity contribution in [1.82, 2.24) is 10.2 Å². The minimum absolute atomic E-state index is 0.0308. The van der Waals surface area contributed by atoms with Gasteiger partial charge in [-0.3, -0.25) is 14.5 Å². The Hall–Kier alpha value is -3.82. The largest absolute Gasteiger partial charge is 0.507 e. The van der Waals surface area contributed by atoms with Gasteiger partial charge in [-0.2, -0.15) is 0 Å². The Labute approximate surface area is 207 Å². The van der Waals surface area contributed by atoms with Gasteiger partial charge in [-0.15, -0.1) is 0 Å². The number of phenols is 1. The lowest BCUT2D eigenvalue weighted by molar-refractivity contribution is -0.0212. The molecule has 0 aromatic heterocycles. The van der Waals surface area contributed by atoms with Gasteiger partial charge < -0.3 is 20.5 Å². The summed E-state index contributed by atoms with van der Waals surface area (Å²) in [6, 6.07) is 14.4. The number of halogens is 2. The van der Waals surface area contributed by atoms with Crippen LogP contribution in [0.3, 0.4) is 0 Å². The van der Waals surface area contributed by atoms with Gasteiger partial charge >= 0.3 is 0 Å². The summed E-state index contributed by atoms with van der Waals surface area (Å²) in [5.41, 5.74) is 2.05. The summed E-state index contributed by atoms with van der Waals surface area (Å²) in [5.74, 6) is -3.33. The van der Waals surface area contributed by atoms with Crippen LogP contribution >= 0.6 is 0 Å². The van der Waals surface area contributed by atoms with Crippen molar-refractivity contribution < 1.29 is 28.2 Å². The molecule has 1 saturated heterocycles. The highest BCUT2D eigenvalue weighted by Gasteiger charge is 2.17. The van der Waals surface area contributed by atoms with E-state index in [1.807, 2.05) is 24.3 Å². The van der Waals surface area contributed by atoms with E-state index in [0.29, 0.717) is 12.7 Å². The van der Waals surface area contributed by atoms with Gasteiger partial charge in [-0.1, -0.05) is 24.3 Å². The van der Waals surface area contributed by atoms with Crippen molar-refractivity contribution >= 4 is 17.5 Å². The molecule has 36 heavy (non-hydrogen) atoms. The van der Waals surface area contributed by atoms with E-state index in [0.717, 1.165) is 42.9 Å². The van der Waals surface area contributed by atoms with Gasteiger partial charge in [0.2, 0.25) is 0 Å². The fourth-order valence-electron chi connectivity index (χ4n) is 4.10. The standard InChI is InChI=1S/C27H27F2N3O4/c1-17-15-32(7-8-36-17)16-19-4-2-3-18(9-19)14-30-27(35)24-6-5-23(13-25(24)33)31-26(34)20-10-21(28)12-22(29)11-20/h2-6,9-13,17,33H,7-8,14-16H2,1H3,(H,30,35)(H,31,34). The van der Waals surface area contributed by atoms with Gasteiger partial charge in [0.05, 0.1) is 18.3 Å². The molecule has 0 bridgehead atoms. The van der Waals surface area contributed by atoms with Gasteiger partial charge in [0.15, 0.2) is 0 Å². The van der Waals surface area contributed by atoms with E-state index in [9.17, 15) is 23.5 Å². The second-order valence-corrected chi connectivity index (χ2v) is 8.76. The Kier molecular flexibility index (Phi) is 7.92. The van der Waals surface area contributed by atoms with E-state index in [1.54, 1.807) is 0 Å². The third-order valence-corrected chi connectivity index (χ3v) is 5.80. The molecule has 4 rings (SSSR count). The van der Waals surface area contributed by atoms with Crippen molar-refractivity contribution in [1.29, 1.82) is 0 Å². The van der Waals surface area contributed by atoms with Gasteiger partial charge in [0, 0.05) is 49.6 Å². The lowest BCUT2D eigenvalue weighted by Gasteiger charge is -2.31. The number of nitrogens with one attached hydrogen (secondary N) is 2. The lowest BCUT2D eigenvalue weighted by Crippen LogP contribution is -2.40. The normalized spacial score (nSPS) is 15.9. The first kappa shape index (κ1) is 25.3. The Morgan fingerprint density at radius 1 is 1.03 bits per heavy atom. The van der Waals surface area contributed by atoms with Crippen LogP contribution in [0.4, 0.5) is 14.5 Å². The monoisotopic (exact) mass is 495 g/mol. The zero-order valence-electron chi connectivity index (χ0n) is 19.8. The van der Waals surface area contributed by atoms with Gasteiger partial charge in [0.1, 0.15) is 17.4 Å². The molecule has 0 saturated carbocycles. The highest BCUT2D eigenvalue weighted by Crippen LogP contribution is 2.23. The summed E-state index contributed by atoms with van der Waals surface area (Å²) in [6.45, 7) is 5.59. The molecule has 1 atom stereocenters. The molecule has 0 aliphatic carbocycles. The maximum absolute atomic E-state index is 13.4. The fraction of sp³-hybridized carbons (Fsp3) is 0.259. The number of nitrogens with zero attached hydrogens (tertiary/aromatic N) is 1. The number of benzene rings is 3. The Morgan fingerprint density at radius 3 is 2.50 bits per heavy atom. The van der Waals surface area contributed by atoms with Crippen LogP contribution in [0.15, 0.2) is 60.7 Å². The third kappa shape index (κ3) is 6.65. The summed E-state index contributed by atoms with van der Waals surface area (Å²) >= 11 is 0. The van der Waals surface area contributed by atoms with E-state index in [2.05, 4.69) is 22.5 Å². The highest BCUT2D eigenvalue weighted by atomic mass is 19.1. The van der Waals surface area contributed by atoms with E-state index < -0.39 is 23.4 Å². The Balaban J connectivity index is 1.35. The number of phenolic OH excluding ortho intramolecular Hbond substituents is 1. The van der Waals surface area contributed by atoms with Crippen LogP contribution in [0.5, 0.6) is 5.75 Å². The maximum atomic E-state index is 13.4. The number of morpholine rings is 1. The molecule has 3 aromatic rings. The average Bonchev–Trinajstić information content (AvgIpc) is 2.82. The second-order valence-electron chi connectivity index (χ2n) is 8.76. The van der Waals surface area contributed by atoms with E-state index in [-0.39, 0.29) is 35.2 Å². The molecule has 9 heteroatoms. The summed E-state index contributed by atoms with van der Waals surface area (Å²) in [4.78, 5) is 27.2. The molecule has 188 valence electrons. The molecule has 0 radical (unpaired) electrons. The first-order valence-electron chi connectivity index (χ1n) is 11.6.